The Labute approximate surface area is 118 Å². The zero-order valence-electron chi connectivity index (χ0n) is 10.1. The second kappa shape index (κ2) is 4.61. The Hall–Kier alpha value is -1.40. The van der Waals surface area contributed by atoms with Crippen molar-refractivity contribution in [1.29, 1.82) is 0 Å². The molecule has 5 nitrogen and oxygen atoms in total. The molecule has 0 bridgehead atoms. The van der Waals surface area contributed by atoms with E-state index in [0.29, 0.717) is 23.8 Å². The van der Waals surface area contributed by atoms with Crippen LogP contribution in [0.2, 0.25) is 0 Å². The lowest BCUT2D eigenvalue weighted by atomic mass is 10.1. The van der Waals surface area contributed by atoms with Crippen molar-refractivity contribution in [3.8, 4) is 0 Å². The highest BCUT2D eigenvalue weighted by molar-refractivity contribution is 9.10. The summed E-state index contributed by atoms with van der Waals surface area (Å²) in [4.78, 5) is 25.1. The maximum Gasteiger partial charge on any atom is 0.296 e. The van der Waals surface area contributed by atoms with Gasteiger partial charge in [-0.3, -0.25) is 9.59 Å². The molecule has 1 saturated carbocycles. The van der Waals surface area contributed by atoms with Gasteiger partial charge < -0.3 is 15.3 Å². The van der Waals surface area contributed by atoms with Crippen molar-refractivity contribution in [2.45, 2.75) is 18.9 Å². The average Bonchev–Trinajstić information content (AvgIpc) is 3.17. The molecular formula is C13H13BrN2O3. The number of amides is 1. The van der Waals surface area contributed by atoms with E-state index >= 15 is 0 Å². The molecule has 1 aliphatic heterocycles. The third kappa shape index (κ3) is 2.15. The Morgan fingerprint density at radius 3 is 2.74 bits per heavy atom. The normalized spacial score (nSPS) is 17.4. The monoisotopic (exact) mass is 324 g/mol. The van der Waals surface area contributed by atoms with E-state index in [0.717, 1.165) is 23.0 Å². The fourth-order valence-corrected chi connectivity index (χ4v) is 2.94. The van der Waals surface area contributed by atoms with Crippen molar-refractivity contribution in [1.82, 2.24) is 0 Å². The molecule has 1 aromatic carbocycles. The van der Waals surface area contributed by atoms with Gasteiger partial charge >= 0.3 is 0 Å². The number of hydrogen-bond donors (Lipinski definition) is 2. The third-order valence-electron chi connectivity index (χ3n) is 3.42. The molecule has 1 amide bonds. The molecule has 6 heteroatoms. The summed E-state index contributed by atoms with van der Waals surface area (Å²) < 4.78 is 0.774. The molecule has 3 rings (SSSR count). The molecule has 0 spiro atoms. The minimum absolute atomic E-state index is 0.0747. The zero-order valence-corrected chi connectivity index (χ0v) is 11.7. The maximum atomic E-state index is 11.6. The Balaban J connectivity index is 2.01. The smallest absolute Gasteiger partial charge is 0.296 e. The Morgan fingerprint density at radius 2 is 2.11 bits per heavy atom. The highest BCUT2D eigenvalue weighted by Crippen LogP contribution is 2.39. The van der Waals surface area contributed by atoms with Crippen LogP contribution in [0.1, 0.15) is 23.2 Å². The fraction of sp³-hybridized carbons (Fsp3) is 0.385. The number of aliphatic hydroxyl groups is 1. The quantitative estimate of drug-likeness (QED) is 0.824. The van der Waals surface area contributed by atoms with Crippen molar-refractivity contribution < 1.29 is 14.7 Å². The van der Waals surface area contributed by atoms with Gasteiger partial charge in [-0.25, -0.2) is 0 Å². The van der Waals surface area contributed by atoms with Gasteiger partial charge in [-0.15, -0.1) is 0 Å². The summed E-state index contributed by atoms with van der Waals surface area (Å²) in [5.74, 6) is -1.08. The predicted octanol–water partition coefficient (Wildman–Crippen LogP) is 1.55. The lowest BCUT2D eigenvalue weighted by molar-refractivity contribution is -0.112. The second-order valence-corrected chi connectivity index (χ2v) is 5.63. The van der Waals surface area contributed by atoms with Gasteiger partial charge in [-0.1, -0.05) is 0 Å². The van der Waals surface area contributed by atoms with Gasteiger partial charge in [-0.05, 0) is 40.9 Å². The van der Waals surface area contributed by atoms with Crippen LogP contribution < -0.4 is 10.2 Å². The number of hydrogen-bond acceptors (Lipinski definition) is 4. The number of anilines is 2. The Morgan fingerprint density at radius 1 is 1.37 bits per heavy atom. The summed E-state index contributed by atoms with van der Waals surface area (Å²) in [6, 6.07) is 3.92. The number of benzene rings is 1. The SMILES string of the molecule is O=C1Nc2cc(N(CCO)C3CC3)c(Br)cc2C1=O. The van der Waals surface area contributed by atoms with Crippen molar-refractivity contribution in [2.75, 3.05) is 23.4 Å². The van der Waals surface area contributed by atoms with Crippen LogP contribution in [0.5, 0.6) is 0 Å². The first-order valence-electron chi connectivity index (χ1n) is 6.18. The zero-order chi connectivity index (χ0) is 13.6. The van der Waals surface area contributed by atoms with Crippen molar-refractivity contribution >= 4 is 39.0 Å². The molecule has 2 N–H and O–H groups in total. The lowest BCUT2D eigenvalue weighted by Crippen LogP contribution is -2.29. The number of carbonyl (C=O) groups is 2. The molecule has 19 heavy (non-hydrogen) atoms. The predicted molar refractivity (Wildman–Crippen MR) is 74.6 cm³/mol. The number of nitrogens with zero attached hydrogens (tertiary/aromatic N) is 1. The first kappa shape index (κ1) is 12.6. The molecule has 1 aliphatic carbocycles. The van der Waals surface area contributed by atoms with Crippen LogP contribution in [0.25, 0.3) is 0 Å². The van der Waals surface area contributed by atoms with Gasteiger partial charge in [-0.2, -0.15) is 0 Å². The lowest BCUT2D eigenvalue weighted by Gasteiger charge is -2.25. The average molecular weight is 325 g/mol. The molecular weight excluding hydrogens is 312 g/mol. The van der Waals surface area contributed by atoms with E-state index in [4.69, 9.17) is 5.11 Å². The van der Waals surface area contributed by atoms with Crippen LogP contribution in [0, 0.1) is 0 Å². The highest BCUT2D eigenvalue weighted by atomic mass is 79.9. The first-order chi connectivity index (χ1) is 9.11. The Kier molecular flexibility index (Phi) is 3.06. The molecule has 0 radical (unpaired) electrons. The van der Waals surface area contributed by atoms with E-state index in [-0.39, 0.29) is 6.61 Å². The standard InChI is InChI=1S/C13H13BrN2O3/c14-9-5-8-10(15-13(19)12(8)18)6-11(9)16(3-4-17)7-1-2-7/h5-7,17H,1-4H2,(H,15,18,19). The molecule has 1 aromatic rings. The van der Waals surface area contributed by atoms with Crippen LogP contribution >= 0.6 is 15.9 Å². The van der Waals surface area contributed by atoms with E-state index in [9.17, 15) is 9.59 Å². The van der Waals surface area contributed by atoms with Crippen molar-refractivity contribution in [3.05, 3.63) is 22.2 Å². The molecule has 2 aliphatic rings. The van der Waals surface area contributed by atoms with Gasteiger partial charge in [0, 0.05) is 17.1 Å². The summed E-state index contributed by atoms with van der Waals surface area (Å²) in [5, 5.41) is 11.7. The summed E-state index contributed by atoms with van der Waals surface area (Å²) in [6.45, 7) is 0.620. The number of carbonyl (C=O) groups excluding carboxylic acids is 2. The summed E-state index contributed by atoms with van der Waals surface area (Å²) in [6.07, 6.45) is 2.21. The number of Topliss-reactive ketones (excluding diaryl/α,β-unsaturated/α-hetero) is 1. The topological polar surface area (TPSA) is 69.6 Å². The van der Waals surface area contributed by atoms with Crippen LogP contribution in [0.3, 0.4) is 0 Å². The number of fused-ring (bicyclic) bond motifs is 1. The number of rotatable bonds is 4. The van der Waals surface area contributed by atoms with Crippen LogP contribution in [-0.2, 0) is 4.79 Å². The van der Waals surface area contributed by atoms with E-state index in [1.54, 1.807) is 12.1 Å². The molecule has 0 saturated heterocycles. The van der Waals surface area contributed by atoms with Gasteiger partial charge in [0.25, 0.3) is 11.7 Å². The molecule has 1 fully saturated rings. The molecule has 1 heterocycles. The van der Waals surface area contributed by atoms with E-state index in [2.05, 4.69) is 26.1 Å². The third-order valence-corrected chi connectivity index (χ3v) is 4.06. The van der Waals surface area contributed by atoms with Gasteiger partial charge in [0.05, 0.1) is 23.5 Å². The highest BCUT2D eigenvalue weighted by Gasteiger charge is 2.33. The number of halogens is 1. The summed E-state index contributed by atoms with van der Waals surface area (Å²) >= 11 is 3.45. The summed E-state index contributed by atoms with van der Waals surface area (Å²) in [5.41, 5.74) is 1.86. The van der Waals surface area contributed by atoms with Crippen molar-refractivity contribution in [3.63, 3.8) is 0 Å². The molecule has 0 atom stereocenters. The second-order valence-electron chi connectivity index (χ2n) is 4.78. The van der Waals surface area contributed by atoms with E-state index < -0.39 is 11.7 Å². The van der Waals surface area contributed by atoms with Gasteiger partial charge in [0.2, 0.25) is 0 Å². The fourth-order valence-electron chi connectivity index (χ4n) is 2.37. The molecule has 0 aromatic heterocycles. The molecule has 0 unspecified atom stereocenters. The number of nitrogens with one attached hydrogen (secondary N) is 1. The van der Waals surface area contributed by atoms with Crippen molar-refractivity contribution in [2.24, 2.45) is 0 Å². The van der Waals surface area contributed by atoms with E-state index in [1.807, 2.05) is 0 Å². The van der Waals surface area contributed by atoms with Gasteiger partial charge in [0.1, 0.15) is 0 Å². The first-order valence-corrected chi connectivity index (χ1v) is 6.98. The minimum Gasteiger partial charge on any atom is -0.395 e. The van der Waals surface area contributed by atoms with Crippen LogP contribution in [0.15, 0.2) is 16.6 Å². The number of aliphatic hydroxyl groups excluding tert-OH is 1. The Bertz CT molecular complexity index is 569. The minimum atomic E-state index is -0.584. The van der Waals surface area contributed by atoms with Crippen LogP contribution in [0.4, 0.5) is 11.4 Å². The molecule has 100 valence electrons. The van der Waals surface area contributed by atoms with E-state index in [1.165, 1.54) is 0 Å². The number of ketones is 1. The summed E-state index contributed by atoms with van der Waals surface area (Å²) in [7, 11) is 0. The van der Waals surface area contributed by atoms with Gasteiger partial charge in [0.15, 0.2) is 0 Å². The largest absolute Gasteiger partial charge is 0.395 e. The maximum absolute atomic E-state index is 11.6. The van der Waals surface area contributed by atoms with Crippen LogP contribution in [-0.4, -0.2) is 36.0 Å².